The molecule has 1 aliphatic carbocycles. The standard InChI is InChI=1S/C16H10O2/c17-15-11-6-1-4-10-5-2-7-12(14(10)11)16-13(15)8-3-9-18-16/h1-8H,9H2. The number of hydrogen-bond acceptors (Lipinski definition) is 2. The van der Waals surface area contributed by atoms with Crippen LogP contribution in [0.25, 0.3) is 16.5 Å². The van der Waals surface area contributed by atoms with Crippen molar-refractivity contribution in [1.29, 1.82) is 0 Å². The van der Waals surface area contributed by atoms with Gasteiger partial charge in [0.15, 0.2) is 5.78 Å². The van der Waals surface area contributed by atoms with Crippen LogP contribution >= 0.6 is 0 Å². The summed E-state index contributed by atoms with van der Waals surface area (Å²) < 4.78 is 5.67. The fourth-order valence-corrected chi connectivity index (χ4v) is 2.72. The number of carbonyl (C=O) groups is 1. The molecule has 2 nitrogen and oxygen atoms in total. The zero-order valence-electron chi connectivity index (χ0n) is 9.64. The Morgan fingerprint density at radius 3 is 2.61 bits per heavy atom. The average molecular weight is 234 g/mol. The van der Waals surface area contributed by atoms with Gasteiger partial charge in [-0.05, 0) is 17.5 Å². The zero-order chi connectivity index (χ0) is 12.1. The normalized spacial score (nSPS) is 16.8. The maximum absolute atomic E-state index is 12.4. The van der Waals surface area contributed by atoms with E-state index < -0.39 is 0 Å². The summed E-state index contributed by atoms with van der Waals surface area (Å²) in [5, 5.41) is 2.10. The van der Waals surface area contributed by atoms with Crippen LogP contribution < -0.4 is 0 Å². The SMILES string of the molecule is O=C1C2=C(OCC=C2)c2cccc3cccc1c23. The molecule has 0 atom stereocenters. The molecule has 0 fully saturated rings. The maximum Gasteiger partial charge on any atom is 0.197 e. The Labute approximate surface area is 104 Å². The van der Waals surface area contributed by atoms with E-state index in [9.17, 15) is 4.79 Å². The summed E-state index contributed by atoms with van der Waals surface area (Å²) in [7, 11) is 0. The highest BCUT2D eigenvalue weighted by Gasteiger charge is 2.28. The fourth-order valence-electron chi connectivity index (χ4n) is 2.72. The molecule has 0 unspecified atom stereocenters. The lowest BCUT2D eigenvalue weighted by molar-refractivity contribution is 0.103. The van der Waals surface area contributed by atoms with Crippen LogP contribution in [0, 0.1) is 0 Å². The first-order valence-electron chi connectivity index (χ1n) is 5.97. The van der Waals surface area contributed by atoms with Crippen LogP contribution in [-0.2, 0) is 4.74 Å². The van der Waals surface area contributed by atoms with Gasteiger partial charge in [0.25, 0.3) is 0 Å². The van der Waals surface area contributed by atoms with E-state index in [1.807, 2.05) is 48.6 Å². The quantitative estimate of drug-likeness (QED) is 0.698. The van der Waals surface area contributed by atoms with Crippen LogP contribution in [0.15, 0.2) is 54.1 Å². The smallest absolute Gasteiger partial charge is 0.197 e. The zero-order valence-corrected chi connectivity index (χ0v) is 9.64. The molecule has 2 aliphatic rings. The molecular formula is C16H10O2. The summed E-state index contributed by atoms with van der Waals surface area (Å²) in [6.45, 7) is 0.532. The molecule has 0 radical (unpaired) electrons. The molecule has 4 rings (SSSR count). The van der Waals surface area contributed by atoms with Crippen molar-refractivity contribution in [2.75, 3.05) is 6.61 Å². The third kappa shape index (κ3) is 1.10. The molecule has 1 aliphatic heterocycles. The molecule has 0 aromatic heterocycles. The van der Waals surface area contributed by atoms with Crippen LogP contribution in [0.1, 0.15) is 15.9 Å². The number of fused-ring (bicyclic) bond motifs is 1. The lowest BCUT2D eigenvalue weighted by Gasteiger charge is -2.23. The van der Waals surface area contributed by atoms with Crippen LogP contribution in [0.2, 0.25) is 0 Å². The predicted molar refractivity (Wildman–Crippen MR) is 70.3 cm³/mol. The highest BCUT2D eigenvalue weighted by molar-refractivity contribution is 6.25. The molecule has 0 saturated heterocycles. The Morgan fingerprint density at radius 2 is 1.78 bits per heavy atom. The summed E-state index contributed by atoms with van der Waals surface area (Å²) in [5.74, 6) is 0.789. The second kappa shape index (κ2) is 3.33. The molecular weight excluding hydrogens is 224 g/mol. The number of ketones is 1. The van der Waals surface area contributed by atoms with Crippen molar-refractivity contribution >= 4 is 22.3 Å². The van der Waals surface area contributed by atoms with Crippen LogP contribution in [0.4, 0.5) is 0 Å². The third-order valence-corrected chi connectivity index (χ3v) is 3.49. The highest BCUT2D eigenvalue weighted by atomic mass is 16.5. The van der Waals surface area contributed by atoms with E-state index in [4.69, 9.17) is 4.74 Å². The molecule has 0 amide bonds. The maximum atomic E-state index is 12.4. The molecule has 0 bridgehead atoms. The molecule has 0 saturated carbocycles. The van der Waals surface area contributed by atoms with Crippen molar-refractivity contribution in [2.45, 2.75) is 0 Å². The molecule has 1 heterocycles. The van der Waals surface area contributed by atoms with Crippen molar-refractivity contribution in [1.82, 2.24) is 0 Å². The molecule has 2 heteroatoms. The summed E-state index contributed by atoms with van der Waals surface area (Å²) >= 11 is 0. The van der Waals surface area contributed by atoms with Crippen molar-refractivity contribution in [3.05, 3.63) is 65.3 Å². The number of allylic oxidation sites excluding steroid dienone is 2. The van der Waals surface area contributed by atoms with Gasteiger partial charge in [0.1, 0.15) is 12.4 Å². The Hall–Kier alpha value is -2.35. The Balaban J connectivity index is 2.19. The van der Waals surface area contributed by atoms with Gasteiger partial charge in [-0.3, -0.25) is 4.79 Å². The molecule has 18 heavy (non-hydrogen) atoms. The van der Waals surface area contributed by atoms with Gasteiger partial charge in [0, 0.05) is 16.5 Å². The number of Topliss-reactive ketones (excluding diaryl/α,β-unsaturated/α-hetero) is 1. The number of benzene rings is 2. The van der Waals surface area contributed by atoms with E-state index in [1.54, 1.807) is 0 Å². The highest BCUT2D eigenvalue weighted by Crippen LogP contribution is 2.38. The van der Waals surface area contributed by atoms with Gasteiger partial charge in [0.05, 0.1) is 5.57 Å². The van der Waals surface area contributed by atoms with Gasteiger partial charge >= 0.3 is 0 Å². The predicted octanol–water partition coefficient (Wildman–Crippen LogP) is 3.33. The van der Waals surface area contributed by atoms with E-state index >= 15 is 0 Å². The molecule has 0 spiro atoms. The number of hydrogen-bond donors (Lipinski definition) is 0. The fraction of sp³-hybridized carbons (Fsp3) is 0.0625. The van der Waals surface area contributed by atoms with E-state index in [2.05, 4.69) is 0 Å². The van der Waals surface area contributed by atoms with Crippen LogP contribution in [0.5, 0.6) is 0 Å². The second-order valence-electron chi connectivity index (χ2n) is 4.49. The first-order valence-corrected chi connectivity index (χ1v) is 5.97. The first kappa shape index (κ1) is 9.66. The summed E-state index contributed by atoms with van der Waals surface area (Å²) in [5.41, 5.74) is 2.48. The number of ether oxygens (including phenoxy) is 1. The minimum Gasteiger partial charge on any atom is -0.488 e. The summed E-state index contributed by atoms with van der Waals surface area (Å²) in [4.78, 5) is 12.4. The van der Waals surface area contributed by atoms with Gasteiger partial charge < -0.3 is 4.74 Å². The Kier molecular flexibility index (Phi) is 1.78. The van der Waals surface area contributed by atoms with Crippen molar-refractivity contribution in [3.8, 4) is 0 Å². The average Bonchev–Trinajstić information content (AvgIpc) is 2.44. The van der Waals surface area contributed by atoms with Crippen LogP contribution in [0.3, 0.4) is 0 Å². The minimum absolute atomic E-state index is 0.0604. The van der Waals surface area contributed by atoms with Gasteiger partial charge in [0.2, 0.25) is 0 Å². The molecule has 86 valence electrons. The number of carbonyl (C=O) groups excluding carboxylic acids is 1. The van der Waals surface area contributed by atoms with Gasteiger partial charge in [-0.2, -0.15) is 0 Å². The summed E-state index contributed by atoms with van der Waals surface area (Å²) in [6, 6.07) is 11.9. The van der Waals surface area contributed by atoms with E-state index in [-0.39, 0.29) is 5.78 Å². The van der Waals surface area contributed by atoms with Gasteiger partial charge in [-0.25, -0.2) is 0 Å². The lowest BCUT2D eigenvalue weighted by atomic mass is 9.86. The van der Waals surface area contributed by atoms with E-state index in [0.29, 0.717) is 12.2 Å². The second-order valence-corrected chi connectivity index (χ2v) is 4.49. The number of rotatable bonds is 0. The molecule has 2 aromatic carbocycles. The van der Waals surface area contributed by atoms with E-state index in [0.717, 1.165) is 27.7 Å². The minimum atomic E-state index is 0.0604. The van der Waals surface area contributed by atoms with Crippen molar-refractivity contribution < 1.29 is 9.53 Å². The molecule has 2 aromatic rings. The monoisotopic (exact) mass is 234 g/mol. The van der Waals surface area contributed by atoms with Gasteiger partial charge in [-0.15, -0.1) is 0 Å². The Morgan fingerprint density at radius 1 is 1.00 bits per heavy atom. The van der Waals surface area contributed by atoms with Gasteiger partial charge in [-0.1, -0.05) is 36.4 Å². The first-order chi connectivity index (χ1) is 8.86. The molecule has 0 N–H and O–H groups in total. The summed E-state index contributed by atoms with van der Waals surface area (Å²) in [6.07, 6.45) is 3.75. The van der Waals surface area contributed by atoms with E-state index in [1.165, 1.54) is 0 Å². The van der Waals surface area contributed by atoms with Crippen molar-refractivity contribution in [2.24, 2.45) is 0 Å². The largest absolute Gasteiger partial charge is 0.488 e. The van der Waals surface area contributed by atoms with Crippen LogP contribution in [-0.4, -0.2) is 12.4 Å². The van der Waals surface area contributed by atoms with Crippen molar-refractivity contribution in [3.63, 3.8) is 0 Å². The topological polar surface area (TPSA) is 26.3 Å². The Bertz CT molecular complexity index is 746. The lowest BCUT2D eigenvalue weighted by Crippen LogP contribution is -2.15. The third-order valence-electron chi connectivity index (χ3n) is 3.49.